The Hall–Kier alpha value is -0.330. The van der Waals surface area contributed by atoms with E-state index in [0.717, 1.165) is 35.5 Å². The monoisotopic (exact) mass is 191 g/mol. The van der Waals surface area contributed by atoms with Gasteiger partial charge in [-0.05, 0) is 48.9 Å². The van der Waals surface area contributed by atoms with Crippen LogP contribution in [0.4, 0.5) is 0 Å². The summed E-state index contributed by atoms with van der Waals surface area (Å²) in [6.45, 7) is 9.53. The van der Waals surface area contributed by atoms with Gasteiger partial charge in [-0.25, -0.2) is 0 Å². The molecule has 2 fully saturated rings. The van der Waals surface area contributed by atoms with Crippen molar-refractivity contribution in [3.05, 3.63) is 0 Å². The molecule has 6 aliphatic rings. The molecule has 5 atom stereocenters. The van der Waals surface area contributed by atoms with Crippen molar-refractivity contribution in [2.45, 2.75) is 40.2 Å². The molecule has 0 saturated heterocycles. The van der Waals surface area contributed by atoms with Gasteiger partial charge in [0.05, 0.1) is 6.04 Å². The molecule has 4 aliphatic heterocycles. The molecule has 0 aromatic carbocycles. The van der Waals surface area contributed by atoms with Crippen LogP contribution in [0.2, 0.25) is 0 Å². The molecule has 4 heterocycles. The van der Waals surface area contributed by atoms with E-state index in [2.05, 4.69) is 27.7 Å². The minimum atomic E-state index is 0.665. The Morgan fingerprint density at radius 1 is 1.07 bits per heavy atom. The molecule has 78 valence electrons. The van der Waals surface area contributed by atoms with Gasteiger partial charge in [-0.3, -0.25) is 4.99 Å². The van der Waals surface area contributed by atoms with Gasteiger partial charge in [0.25, 0.3) is 0 Å². The highest BCUT2D eigenvalue weighted by Gasteiger charge is 2.56. The Morgan fingerprint density at radius 3 is 2.29 bits per heavy atom. The van der Waals surface area contributed by atoms with Crippen LogP contribution in [-0.4, -0.2) is 11.8 Å². The first-order chi connectivity index (χ1) is 6.61. The van der Waals surface area contributed by atoms with Gasteiger partial charge < -0.3 is 0 Å². The Bertz CT molecular complexity index is 284. The zero-order valence-corrected chi connectivity index (χ0v) is 9.70. The fraction of sp³-hybridized carbons (Fsp3) is 0.923. The lowest BCUT2D eigenvalue weighted by molar-refractivity contribution is -0.0700. The molecule has 0 aromatic heterocycles. The van der Waals surface area contributed by atoms with Gasteiger partial charge in [-0.15, -0.1) is 0 Å². The zero-order valence-electron chi connectivity index (χ0n) is 9.70. The summed E-state index contributed by atoms with van der Waals surface area (Å²) in [4.78, 5) is 4.95. The summed E-state index contributed by atoms with van der Waals surface area (Å²) in [6, 6.07) is 0.665. The molecular weight excluding hydrogens is 170 g/mol. The summed E-state index contributed by atoms with van der Waals surface area (Å²) in [5.41, 5.74) is 1.45. The summed E-state index contributed by atoms with van der Waals surface area (Å²) in [7, 11) is 0. The molecule has 0 amide bonds. The van der Waals surface area contributed by atoms with Crippen molar-refractivity contribution in [2.24, 2.45) is 40.5 Å². The number of hydrogen-bond acceptors (Lipinski definition) is 1. The van der Waals surface area contributed by atoms with E-state index >= 15 is 0 Å². The lowest BCUT2D eigenvalue weighted by atomic mass is 9.47. The third-order valence-electron chi connectivity index (χ3n) is 5.51. The van der Waals surface area contributed by atoms with Crippen LogP contribution in [0.3, 0.4) is 0 Å². The third kappa shape index (κ3) is 0.844. The van der Waals surface area contributed by atoms with Crippen LogP contribution in [0, 0.1) is 35.5 Å². The molecule has 4 bridgehead atoms. The van der Waals surface area contributed by atoms with Crippen molar-refractivity contribution in [3.63, 3.8) is 0 Å². The van der Waals surface area contributed by atoms with Gasteiger partial charge in [0.1, 0.15) is 0 Å². The molecule has 6 rings (SSSR count). The van der Waals surface area contributed by atoms with Crippen molar-refractivity contribution in [1.29, 1.82) is 0 Å². The summed E-state index contributed by atoms with van der Waals surface area (Å²) < 4.78 is 0. The van der Waals surface area contributed by atoms with Crippen LogP contribution >= 0.6 is 0 Å². The Morgan fingerprint density at radius 2 is 1.71 bits per heavy atom. The van der Waals surface area contributed by atoms with Crippen molar-refractivity contribution in [1.82, 2.24) is 0 Å². The first kappa shape index (κ1) is 8.94. The van der Waals surface area contributed by atoms with E-state index in [1.807, 2.05) is 0 Å². The van der Waals surface area contributed by atoms with Crippen molar-refractivity contribution < 1.29 is 0 Å². The second kappa shape index (κ2) is 2.62. The molecule has 2 saturated carbocycles. The van der Waals surface area contributed by atoms with E-state index in [1.54, 1.807) is 0 Å². The van der Waals surface area contributed by atoms with Crippen molar-refractivity contribution in [3.8, 4) is 0 Å². The molecule has 1 nitrogen and oxygen atoms in total. The van der Waals surface area contributed by atoms with E-state index in [-0.39, 0.29) is 0 Å². The summed E-state index contributed by atoms with van der Waals surface area (Å²) in [5.74, 6) is 5.47. The zero-order chi connectivity index (χ0) is 10.0. The second-order valence-corrected chi connectivity index (χ2v) is 5.92. The minimum Gasteiger partial charge on any atom is -0.290 e. The first-order valence-corrected chi connectivity index (χ1v) is 6.15. The molecule has 0 aromatic rings. The van der Waals surface area contributed by atoms with Gasteiger partial charge in [-0.2, -0.15) is 0 Å². The molecule has 1 heteroatoms. The quantitative estimate of drug-likeness (QED) is 0.558. The predicted molar refractivity (Wildman–Crippen MR) is 59.5 cm³/mol. The predicted octanol–water partition coefficient (Wildman–Crippen LogP) is 3.00. The number of nitrogens with zero attached hydrogens (tertiary/aromatic N) is 1. The summed E-state index contributed by atoms with van der Waals surface area (Å²) in [6.07, 6.45) is 1.43. The number of aliphatic imine (C=N–C) groups is 1. The van der Waals surface area contributed by atoms with Crippen molar-refractivity contribution in [2.75, 3.05) is 0 Å². The van der Waals surface area contributed by atoms with Gasteiger partial charge in [0.15, 0.2) is 0 Å². The standard InChI is InChI=1S/C13H21N/c1-6-10-5-11(6)12-7(2)13(8(12)3)14-9(10)4/h6-8,10-13H,5H2,1-4H3/b14-9-/t6-,7?,8?,10+,11-,12?,13?/m1/s1. The van der Waals surface area contributed by atoms with Crippen LogP contribution in [0.1, 0.15) is 34.1 Å². The maximum atomic E-state index is 4.95. The fourth-order valence-electron chi connectivity index (χ4n) is 4.50. The maximum absolute atomic E-state index is 4.95. The Labute approximate surface area is 87.0 Å². The van der Waals surface area contributed by atoms with Gasteiger partial charge >= 0.3 is 0 Å². The summed E-state index contributed by atoms with van der Waals surface area (Å²) in [5, 5.41) is 0. The second-order valence-electron chi connectivity index (χ2n) is 5.92. The van der Waals surface area contributed by atoms with E-state index in [4.69, 9.17) is 4.99 Å². The van der Waals surface area contributed by atoms with Crippen LogP contribution in [0.5, 0.6) is 0 Å². The van der Waals surface area contributed by atoms with Crippen LogP contribution in [0.25, 0.3) is 0 Å². The van der Waals surface area contributed by atoms with Crippen LogP contribution in [-0.2, 0) is 0 Å². The van der Waals surface area contributed by atoms with Crippen molar-refractivity contribution >= 4 is 5.71 Å². The smallest absolute Gasteiger partial charge is 0.0555 e. The van der Waals surface area contributed by atoms with E-state index in [1.165, 1.54) is 12.1 Å². The molecular formula is C13H21N. The normalized spacial score (nSPS) is 64.0. The molecule has 2 unspecified atom stereocenters. The highest BCUT2D eigenvalue weighted by Crippen LogP contribution is 2.58. The summed E-state index contributed by atoms with van der Waals surface area (Å²) >= 11 is 0. The largest absolute Gasteiger partial charge is 0.290 e. The van der Waals surface area contributed by atoms with Gasteiger partial charge in [0.2, 0.25) is 0 Å². The molecule has 2 aliphatic carbocycles. The van der Waals surface area contributed by atoms with E-state index in [0.29, 0.717) is 6.04 Å². The lowest BCUT2D eigenvalue weighted by Crippen LogP contribution is -2.59. The van der Waals surface area contributed by atoms with E-state index in [9.17, 15) is 0 Å². The van der Waals surface area contributed by atoms with Gasteiger partial charge in [-0.1, -0.05) is 20.8 Å². The minimum absolute atomic E-state index is 0.665. The molecule has 0 radical (unpaired) electrons. The SMILES string of the molecule is C/C1=N/C2C(C)C(C2C)[C@@H]2C[C@H]1[C@H]2C. The third-order valence-corrected chi connectivity index (χ3v) is 5.51. The van der Waals surface area contributed by atoms with Crippen LogP contribution < -0.4 is 0 Å². The number of rotatable bonds is 0. The van der Waals surface area contributed by atoms with Crippen LogP contribution in [0.15, 0.2) is 4.99 Å². The topological polar surface area (TPSA) is 12.4 Å². The van der Waals surface area contributed by atoms with Gasteiger partial charge in [0, 0.05) is 5.71 Å². The van der Waals surface area contributed by atoms with E-state index < -0.39 is 0 Å². The highest BCUT2D eigenvalue weighted by atomic mass is 14.9. The fourth-order valence-corrected chi connectivity index (χ4v) is 4.50. The Balaban J connectivity index is 1.99. The molecule has 0 N–H and O–H groups in total. The molecule has 0 spiro atoms. The highest BCUT2D eigenvalue weighted by molar-refractivity contribution is 5.86. The number of hydrogen-bond donors (Lipinski definition) is 0. The average molecular weight is 191 g/mol. The molecule has 14 heavy (non-hydrogen) atoms. The Kier molecular flexibility index (Phi) is 1.67. The average Bonchev–Trinajstić information content (AvgIpc) is 2.15. The lowest BCUT2D eigenvalue weighted by Gasteiger charge is -2.61. The first-order valence-electron chi connectivity index (χ1n) is 6.15. The maximum Gasteiger partial charge on any atom is 0.0555 e.